The van der Waals surface area contributed by atoms with Crippen LogP contribution in [0.3, 0.4) is 0 Å². The fourth-order valence-electron chi connectivity index (χ4n) is 4.66. The van der Waals surface area contributed by atoms with Crippen molar-refractivity contribution in [3.63, 3.8) is 0 Å². The summed E-state index contributed by atoms with van der Waals surface area (Å²) in [6.07, 6.45) is 2.18. The van der Waals surface area contributed by atoms with E-state index >= 15 is 4.39 Å². The molecule has 0 saturated carbocycles. The average molecular weight is 527 g/mol. The maximum atomic E-state index is 15.2. The minimum absolute atomic E-state index is 0.279. The number of halogens is 5. The molecule has 6 heteroatoms. The largest absolute Gasteiger partial charge is 0.573 e. The van der Waals surface area contributed by atoms with Crippen LogP contribution < -0.4 is 4.74 Å². The highest BCUT2D eigenvalue weighted by Gasteiger charge is 2.32. The summed E-state index contributed by atoms with van der Waals surface area (Å²) in [5.74, 6) is -2.31. The van der Waals surface area contributed by atoms with Crippen LogP contribution in [-0.2, 0) is 32.1 Å². The number of unbranched alkanes of at least 4 members (excludes halogenated alkanes) is 2. The molecule has 0 aliphatic rings. The van der Waals surface area contributed by atoms with Crippen LogP contribution in [0.15, 0.2) is 72.8 Å². The maximum absolute atomic E-state index is 15.2. The lowest BCUT2D eigenvalue weighted by Gasteiger charge is -2.11. The summed E-state index contributed by atoms with van der Waals surface area (Å²) in [6.45, 7) is 2.21. The van der Waals surface area contributed by atoms with Crippen molar-refractivity contribution in [3.8, 4) is 5.75 Å². The molecule has 1 nitrogen and oxygen atoms in total. The van der Waals surface area contributed by atoms with Crippen molar-refractivity contribution in [3.05, 3.63) is 112 Å². The Morgan fingerprint density at radius 1 is 0.632 bits per heavy atom. The quantitative estimate of drug-likeness (QED) is 0.140. The van der Waals surface area contributed by atoms with Crippen LogP contribution >= 0.6 is 0 Å². The lowest BCUT2D eigenvalue weighted by molar-refractivity contribution is -0.275. The van der Waals surface area contributed by atoms with Crippen molar-refractivity contribution in [2.75, 3.05) is 0 Å². The molecule has 0 aromatic heterocycles. The van der Waals surface area contributed by atoms with Gasteiger partial charge in [0, 0.05) is 5.39 Å². The van der Waals surface area contributed by atoms with E-state index in [9.17, 15) is 17.6 Å². The third kappa shape index (κ3) is 7.56. The van der Waals surface area contributed by atoms with E-state index in [1.807, 2.05) is 18.2 Å². The molecule has 0 aliphatic carbocycles. The maximum Gasteiger partial charge on any atom is 0.573 e. The Labute approximate surface area is 220 Å². The van der Waals surface area contributed by atoms with Crippen molar-refractivity contribution >= 4 is 10.8 Å². The van der Waals surface area contributed by atoms with Gasteiger partial charge in [-0.15, -0.1) is 13.2 Å². The summed E-state index contributed by atoms with van der Waals surface area (Å²) in [6, 6.07) is 21.4. The molecule has 0 N–H and O–H groups in total. The second-order valence-corrected chi connectivity index (χ2v) is 9.68. The molecule has 4 aromatic carbocycles. The predicted molar refractivity (Wildman–Crippen MR) is 141 cm³/mol. The van der Waals surface area contributed by atoms with Gasteiger partial charge in [-0.3, -0.25) is 0 Å². The number of benzene rings is 4. The molecule has 200 valence electrons. The van der Waals surface area contributed by atoms with Crippen molar-refractivity contribution in [1.29, 1.82) is 0 Å². The van der Waals surface area contributed by atoms with Crippen LogP contribution in [0.2, 0.25) is 0 Å². The number of fused-ring (bicyclic) bond motifs is 1. The molecule has 0 unspecified atom stereocenters. The van der Waals surface area contributed by atoms with Crippen LogP contribution in [0, 0.1) is 11.6 Å². The minimum atomic E-state index is -4.96. The van der Waals surface area contributed by atoms with E-state index in [1.54, 1.807) is 12.1 Å². The molecule has 0 radical (unpaired) electrons. The van der Waals surface area contributed by atoms with Gasteiger partial charge < -0.3 is 4.74 Å². The molecule has 0 amide bonds. The molecule has 38 heavy (non-hydrogen) atoms. The molecular weight excluding hydrogens is 495 g/mol. The molecule has 4 rings (SSSR count). The van der Waals surface area contributed by atoms with Gasteiger partial charge in [0.1, 0.15) is 5.82 Å². The second-order valence-electron chi connectivity index (χ2n) is 9.68. The lowest BCUT2D eigenvalue weighted by Crippen LogP contribution is -2.18. The Morgan fingerprint density at radius 2 is 1.24 bits per heavy atom. The van der Waals surface area contributed by atoms with E-state index in [0.29, 0.717) is 16.5 Å². The van der Waals surface area contributed by atoms with Gasteiger partial charge in [0.25, 0.3) is 0 Å². The zero-order valence-electron chi connectivity index (χ0n) is 21.4. The Kier molecular flexibility index (Phi) is 9.03. The van der Waals surface area contributed by atoms with Crippen molar-refractivity contribution in [2.24, 2.45) is 0 Å². The molecule has 0 aliphatic heterocycles. The number of ether oxygens (including phenoxy) is 1. The molecule has 0 spiro atoms. The van der Waals surface area contributed by atoms with Crippen LogP contribution in [0.25, 0.3) is 10.8 Å². The van der Waals surface area contributed by atoms with Crippen molar-refractivity contribution in [1.82, 2.24) is 0 Å². The normalized spacial score (nSPS) is 11.7. The summed E-state index contributed by atoms with van der Waals surface area (Å²) in [4.78, 5) is 0. The number of aryl methyl sites for hydroxylation is 5. The molecule has 0 atom stereocenters. The van der Waals surface area contributed by atoms with Gasteiger partial charge in [-0.05, 0) is 83.9 Å². The monoisotopic (exact) mass is 526 g/mol. The summed E-state index contributed by atoms with van der Waals surface area (Å²) in [7, 11) is 0. The first-order valence-corrected chi connectivity index (χ1v) is 13.0. The van der Waals surface area contributed by atoms with E-state index in [2.05, 4.69) is 35.9 Å². The molecular formula is C32H31F5O. The smallest absolute Gasteiger partial charge is 0.403 e. The first-order chi connectivity index (χ1) is 18.2. The van der Waals surface area contributed by atoms with Gasteiger partial charge in [-0.1, -0.05) is 80.4 Å². The fourth-order valence-corrected chi connectivity index (χ4v) is 4.66. The van der Waals surface area contributed by atoms with Crippen LogP contribution in [0.5, 0.6) is 5.75 Å². The van der Waals surface area contributed by atoms with Crippen LogP contribution in [0.1, 0.15) is 54.0 Å². The van der Waals surface area contributed by atoms with Gasteiger partial charge in [0.05, 0.1) is 0 Å². The minimum Gasteiger partial charge on any atom is -0.403 e. The van der Waals surface area contributed by atoms with E-state index in [1.165, 1.54) is 36.5 Å². The third-order valence-corrected chi connectivity index (χ3v) is 6.80. The van der Waals surface area contributed by atoms with Gasteiger partial charge in [0.15, 0.2) is 11.6 Å². The van der Waals surface area contributed by atoms with Gasteiger partial charge >= 0.3 is 6.36 Å². The highest BCUT2D eigenvalue weighted by Crippen LogP contribution is 2.28. The Hall–Kier alpha value is -3.41. The average Bonchev–Trinajstić information content (AvgIpc) is 2.89. The Balaban J connectivity index is 1.37. The van der Waals surface area contributed by atoms with Crippen LogP contribution in [0.4, 0.5) is 22.0 Å². The molecule has 0 fully saturated rings. The first kappa shape index (κ1) is 27.6. The Morgan fingerprint density at radius 3 is 1.92 bits per heavy atom. The highest BCUT2D eigenvalue weighted by molar-refractivity contribution is 5.84. The number of alkyl halides is 3. The van der Waals surface area contributed by atoms with E-state index < -0.39 is 17.9 Å². The summed E-state index contributed by atoms with van der Waals surface area (Å²) in [5.41, 5.74) is 4.71. The zero-order chi connectivity index (χ0) is 27.1. The van der Waals surface area contributed by atoms with E-state index in [4.69, 9.17) is 0 Å². The fraction of sp³-hybridized carbons (Fsp3) is 0.312. The predicted octanol–water partition coefficient (Wildman–Crippen LogP) is 9.32. The highest BCUT2D eigenvalue weighted by atomic mass is 19.4. The third-order valence-electron chi connectivity index (χ3n) is 6.80. The number of hydrogen-bond donors (Lipinski definition) is 0. The van der Waals surface area contributed by atoms with E-state index in [0.717, 1.165) is 42.3 Å². The first-order valence-electron chi connectivity index (χ1n) is 13.0. The zero-order valence-corrected chi connectivity index (χ0v) is 21.4. The lowest BCUT2D eigenvalue weighted by atomic mass is 9.97. The molecule has 0 saturated heterocycles. The number of rotatable bonds is 11. The van der Waals surface area contributed by atoms with Crippen molar-refractivity contribution in [2.45, 2.75) is 64.7 Å². The van der Waals surface area contributed by atoms with Crippen LogP contribution in [-0.4, -0.2) is 6.36 Å². The summed E-state index contributed by atoms with van der Waals surface area (Å²) >= 11 is 0. The van der Waals surface area contributed by atoms with Gasteiger partial charge in [-0.25, -0.2) is 8.78 Å². The van der Waals surface area contributed by atoms with Crippen molar-refractivity contribution < 1.29 is 26.7 Å². The van der Waals surface area contributed by atoms with Gasteiger partial charge in [0.2, 0.25) is 0 Å². The second kappa shape index (κ2) is 12.4. The Bertz CT molecular complexity index is 1360. The SMILES string of the molecule is CCCCCc1ccc(CCc2ccc3c(F)c(CCc4ccc(OC(F)(F)F)c(F)c4)ccc3c2)cc1. The van der Waals surface area contributed by atoms with Gasteiger partial charge in [-0.2, -0.15) is 0 Å². The molecule has 4 aromatic rings. The standard InChI is InChI=1S/C32H31F5O/c1-2-3-4-5-22-6-8-23(9-7-22)10-11-24-13-18-28-27(20-24)17-16-26(31(28)34)15-12-25-14-19-30(29(33)21-25)38-32(35,36)37/h6-9,13-14,16-21H,2-5,10-12,15H2,1H3. The molecule has 0 bridgehead atoms. The molecule has 0 heterocycles. The number of hydrogen-bond acceptors (Lipinski definition) is 1. The topological polar surface area (TPSA) is 9.23 Å². The van der Waals surface area contributed by atoms with E-state index in [-0.39, 0.29) is 18.7 Å². The summed E-state index contributed by atoms with van der Waals surface area (Å²) < 4.78 is 69.9. The summed E-state index contributed by atoms with van der Waals surface area (Å²) in [5, 5.41) is 1.33.